The van der Waals surface area contributed by atoms with Crippen LogP contribution in [0.15, 0.2) is 0 Å². The van der Waals surface area contributed by atoms with Crippen LogP contribution in [0.4, 0.5) is 0 Å². The van der Waals surface area contributed by atoms with E-state index in [0.29, 0.717) is 12.2 Å². The van der Waals surface area contributed by atoms with Crippen molar-refractivity contribution in [3.05, 3.63) is 11.6 Å². The van der Waals surface area contributed by atoms with Crippen molar-refractivity contribution < 1.29 is 4.79 Å². The van der Waals surface area contributed by atoms with Crippen molar-refractivity contribution in [2.45, 2.75) is 33.2 Å². The van der Waals surface area contributed by atoms with E-state index < -0.39 is 0 Å². The molecule has 0 aliphatic carbocycles. The Hall–Kier alpha value is -1.23. The molecule has 0 radical (unpaired) electrons. The molecular weight excluding hydrogens is 216 g/mol. The lowest BCUT2D eigenvalue weighted by Crippen LogP contribution is -2.40. The van der Waals surface area contributed by atoms with Gasteiger partial charge in [-0.15, -0.1) is 10.2 Å². The summed E-state index contributed by atoms with van der Waals surface area (Å²) in [4.78, 5) is 13.9. The van der Waals surface area contributed by atoms with Gasteiger partial charge in [-0.05, 0) is 13.3 Å². The maximum absolute atomic E-state index is 11.6. The molecule has 0 spiro atoms. The van der Waals surface area contributed by atoms with E-state index in [4.69, 9.17) is 0 Å². The van der Waals surface area contributed by atoms with Crippen LogP contribution in [0.1, 0.15) is 31.4 Å². The molecule has 1 fully saturated rings. The van der Waals surface area contributed by atoms with Crippen molar-refractivity contribution in [1.29, 1.82) is 0 Å². The summed E-state index contributed by atoms with van der Waals surface area (Å²) in [7, 11) is 1.98. The minimum atomic E-state index is 0.207. The molecule has 1 aliphatic heterocycles. The van der Waals surface area contributed by atoms with Crippen LogP contribution in [0.2, 0.25) is 0 Å². The fourth-order valence-electron chi connectivity index (χ4n) is 2.27. The van der Waals surface area contributed by atoms with Gasteiger partial charge in [0, 0.05) is 32.5 Å². The van der Waals surface area contributed by atoms with Gasteiger partial charge in [-0.2, -0.15) is 0 Å². The standard InChI is InChI=1S/C12H20N4O/c1-4-10-7-16(6-5-11(10)17)8-12-14-13-9(2)15(12)3/h10H,4-8H2,1-3H3. The summed E-state index contributed by atoms with van der Waals surface area (Å²) < 4.78 is 2.01. The number of hydrogen-bond donors (Lipinski definition) is 0. The van der Waals surface area contributed by atoms with Gasteiger partial charge in [-0.25, -0.2) is 0 Å². The summed E-state index contributed by atoms with van der Waals surface area (Å²) in [6.45, 7) is 6.53. The van der Waals surface area contributed by atoms with Crippen LogP contribution in [0.3, 0.4) is 0 Å². The summed E-state index contributed by atoms with van der Waals surface area (Å²) in [6, 6.07) is 0. The molecule has 1 aromatic rings. The van der Waals surface area contributed by atoms with E-state index in [9.17, 15) is 4.79 Å². The predicted octanol–water partition coefficient (Wildman–Crippen LogP) is 0.925. The Balaban J connectivity index is 2.00. The third kappa shape index (κ3) is 2.54. The molecule has 2 heterocycles. The number of likely N-dealkylation sites (tertiary alicyclic amines) is 1. The largest absolute Gasteiger partial charge is 0.317 e. The average Bonchev–Trinajstić information content (AvgIpc) is 2.63. The van der Waals surface area contributed by atoms with Crippen LogP contribution in [-0.4, -0.2) is 38.5 Å². The number of hydrogen-bond acceptors (Lipinski definition) is 4. The third-order valence-corrected chi connectivity index (χ3v) is 3.65. The van der Waals surface area contributed by atoms with E-state index in [2.05, 4.69) is 22.0 Å². The van der Waals surface area contributed by atoms with E-state index >= 15 is 0 Å². The number of rotatable bonds is 3. The van der Waals surface area contributed by atoms with Crippen molar-refractivity contribution in [1.82, 2.24) is 19.7 Å². The number of nitrogens with zero attached hydrogens (tertiary/aromatic N) is 4. The summed E-state index contributed by atoms with van der Waals surface area (Å²) in [6.07, 6.45) is 1.61. The minimum Gasteiger partial charge on any atom is -0.317 e. The number of aryl methyl sites for hydroxylation is 1. The summed E-state index contributed by atoms with van der Waals surface area (Å²) in [5.41, 5.74) is 0. The summed E-state index contributed by atoms with van der Waals surface area (Å²) in [5.74, 6) is 2.53. The van der Waals surface area contributed by atoms with Crippen molar-refractivity contribution >= 4 is 5.78 Å². The van der Waals surface area contributed by atoms with Crippen LogP contribution >= 0.6 is 0 Å². The van der Waals surface area contributed by atoms with Gasteiger partial charge in [0.05, 0.1) is 6.54 Å². The molecule has 5 heteroatoms. The summed E-state index contributed by atoms with van der Waals surface area (Å²) >= 11 is 0. The molecule has 1 atom stereocenters. The Labute approximate surface area is 102 Å². The molecule has 1 unspecified atom stereocenters. The number of aromatic nitrogens is 3. The molecule has 1 aliphatic rings. The van der Waals surface area contributed by atoms with Crippen LogP contribution in [-0.2, 0) is 18.4 Å². The van der Waals surface area contributed by atoms with E-state index in [1.165, 1.54) is 0 Å². The van der Waals surface area contributed by atoms with Gasteiger partial charge in [0.1, 0.15) is 17.4 Å². The second-order valence-electron chi connectivity index (χ2n) is 4.78. The van der Waals surface area contributed by atoms with Gasteiger partial charge in [0.2, 0.25) is 0 Å². The highest BCUT2D eigenvalue weighted by Gasteiger charge is 2.26. The van der Waals surface area contributed by atoms with Crippen LogP contribution in [0.25, 0.3) is 0 Å². The maximum Gasteiger partial charge on any atom is 0.146 e. The number of carbonyl (C=O) groups excluding carboxylic acids is 1. The first-order chi connectivity index (χ1) is 8.11. The normalized spacial score (nSPS) is 22.1. The fraction of sp³-hybridized carbons (Fsp3) is 0.750. The van der Waals surface area contributed by atoms with Gasteiger partial charge in [0.15, 0.2) is 0 Å². The lowest BCUT2D eigenvalue weighted by atomic mass is 9.94. The molecule has 0 amide bonds. The van der Waals surface area contributed by atoms with Gasteiger partial charge in [-0.1, -0.05) is 6.92 Å². The zero-order chi connectivity index (χ0) is 12.4. The number of Topliss-reactive ketones (excluding diaryl/α,β-unsaturated/α-hetero) is 1. The second kappa shape index (κ2) is 4.96. The Morgan fingerprint density at radius 2 is 2.18 bits per heavy atom. The smallest absolute Gasteiger partial charge is 0.146 e. The molecule has 0 N–H and O–H groups in total. The Bertz CT molecular complexity index is 413. The molecule has 1 aromatic heterocycles. The van der Waals surface area contributed by atoms with Crippen LogP contribution in [0, 0.1) is 12.8 Å². The van der Waals surface area contributed by atoms with E-state index in [0.717, 1.165) is 37.7 Å². The SMILES string of the molecule is CCC1CN(Cc2nnc(C)n2C)CCC1=O. The van der Waals surface area contributed by atoms with Crippen molar-refractivity contribution in [2.75, 3.05) is 13.1 Å². The monoisotopic (exact) mass is 236 g/mol. The van der Waals surface area contributed by atoms with E-state index in [-0.39, 0.29) is 5.92 Å². The van der Waals surface area contributed by atoms with Crippen molar-refractivity contribution in [3.8, 4) is 0 Å². The molecule has 5 nitrogen and oxygen atoms in total. The first kappa shape index (κ1) is 12.2. The number of carbonyl (C=O) groups is 1. The second-order valence-corrected chi connectivity index (χ2v) is 4.78. The van der Waals surface area contributed by atoms with Crippen LogP contribution < -0.4 is 0 Å². The van der Waals surface area contributed by atoms with Gasteiger partial charge in [-0.3, -0.25) is 9.69 Å². The molecule has 17 heavy (non-hydrogen) atoms. The Morgan fingerprint density at radius 3 is 2.76 bits per heavy atom. The molecule has 0 saturated carbocycles. The fourth-order valence-corrected chi connectivity index (χ4v) is 2.27. The zero-order valence-corrected chi connectivity index (χ0v) is 10.8. The predicted molar refractivity (Wildman–Crippen MR) is 64.4 cm³/mol. The first-order valence-electron chi connectivity index (χ1n) is 6.21. The summed E-state index contributed by atoms with van der Waals surface area (Å²) in [5, 5.41) is 8.22. The number of ketones is 1. The molecule has 94 valence electrons. The first-order valence-corrected chi connectivity index (χ1v) is 6.21. The highest BCUT2D eigenvalue weighted by Crippen LogP contribution is 2.17. The quantitative estimate of drug-likeness (QED) is 0.783. The lowest BCUT2D eigenvalue weighted by Gasteiger charge is -2.30. The average molecular weight is 236 g/mol. The lowest BCUT2D eigenvalue weighted by molar-refractivity contribution is -0.126. The van der Waals surface area contributed by atoms with E-state index in [1.54, 1.807) is 0 Å². The number of piperidine rings is 1. The van der Waals surface area contributed by atoms with Crippen LogP contribution in [0.5, 0.6) is 0 Å². The Kier molecular flexibility index (Phi) is 3.57. The van der Waals surface area contributed by atoms with Crippen molar-refractivity contribution in [3.63, 3.8) is 0 Å². The highest BCUT2D eigenvalue weighted by atomic mass is 16.1. The third-order valence-electron chi connectivity index (χ3n) is 3.65. The molecular formula is C12H20N4O. The molecule has 1 saturated heterocycles. The molecule has 0 bridgehead atoms. The Morgan fingerprint density at radius 1 is 1.41 bits per heavy atom. The van der Waals surface area contributed by atoms with Crippen molar-refractivity contribution in [2.24, 2.45) is 13.0 Å². The van der Waals surface area contributed by atoms with Gasteiger partial charge >= 0.3 is 0 Å². The van der Waals surface area contributed by atoms with Gasteiger partial charge in [0.25, 0.3) is 0 Å². The molecule has 0 aromatic carbocycles. The highest BCUT2D eigenvalue weighted by molar-refractivity contribution is 5.82. The maximum atomic E-state index is 11.6. The molecule has 2 rings (SSSR count). The van der Waals surface area contributed by atoms with Gasteiger partial charge < -0.3 is 4.57 Å². The topological polar surface area (TPSA) is 51.0 Å². The zero-order valence-electron chi connectivity index (χ0n) is 10.8. The minimum absolute atomic E-state index is 0.207. The van der Waals surface area contributed by atoms with E-state index in [1.807, 2.05) is 18.5 Å².